The van der Waals surface area contributed by atoms with Gasteiger partial charge in [-0.3, -0.25) is 9.88 Å². The van der Waals surface area contributed by atoms with E-state index < -0.39 is 23.3 Å². The maximum atomic E-state index is 13.7. The maximum Gasteiger partial charge on any atom is 0.407 e. The minimum atomic E-state index is -0.680. The Morgan fingerprint density at radius 2 is 1.93 bits per heavy atom. The number of hydrogen-bond acceptors (Lipinski definition) is 5. The molecule has 0 atom stereocenters. The lowest BCUT2D eigenvalue weighted by atomic mass is 9.73. The normalized spacial score (nSPS) is 24.9. The number of nitrogens with one attached hydrogen (secondary N) is 1. The first-order valence-electron chi connectivity index (χ1n) is 8.87. The van der Waals surface area contributed by atoms with Crippen molar-refractivity contribution in [2.75, 3.05) is 45.9 Å². The standard InChI is InChI=1S/C17H19F2N5O3.H2/c18-11-1-12(19)13(20-2-11)3-22-4-16(5-22)6-23(7-16)15(26)24-8-17(9-24)10-27-14(25)21-17;/h1-2H,3-10H2,(H,21,25);1H. The molecule has 1 aromatic heterocycles. The summed E-state index contributed by atoms with van der Waals surface area (Å²) in [6.45, 7) is 4.48. The Morgan fingerprint density at radius 3 is 2.56 bits per heavy atom. The minimum Gasteiger partial charge on any atom is -0.447 e. The third kappa shape index (κ3) is 2.70. The Balaban J connectivity index is 0.00000192. The summed E-state index contributed by atoms with van der Waals surface area (Å²) in [5, 5.41) is 2.76. The van der Waals surface area contributed by atoms with Crippen LogP contribution in [0.3, 0.4) is 0 Å². The van der Waals surface area contributed by atoms with E-state index in [-0.39, 0.29) is 18.6 Å². The molecular formula is C17H21F2N5O3. The van der Waals surface area contributed by atoms with Crippen LogP contribution in [0.2, 0.25) is 0 Å². The molecule has 27 heavy (non-hydrogen) atoms. The quantitative estimate of drug-likeness (QED) is 0.814. The number of pyridine rings is 1. The number of rotatable bonds is 2. The van der Waals surface area contributed by atoms with Gasteiger partial charge in [0, 0.05) is 45.6 Å². The van der Waals surface area contributed by atoms with Crippen LogP contribution in [0.25, 0.3) is 0 Å². The van der Waals surface area contributed by atoms with E-state index in [1.54, 1.807) is 9.80 Å². The second kappa shape index (κ2) is 5.51. The van der Waals surface area contributed by atoms with Gasteiger partial charge in [0.15, 0.2) is 0 Å². The summed E-state index contributed by atoms with van der Waals surface area (Å²) in [5.41, 5.74) is -0.0981. The van der Waals surface area contributed by atoms with Crippen molar-refractivity contribution in [3.8, 4) is 0 Å². The number of amides is 3. The van der Waals surface area contributed by atoms with Crippen LogP contribution in [0.1, 0.15) is 7.12 Å². The molecule has 0 saturated carbocycles. The van der Waals surface area contributed by atoms with Crippen molar-refractivity contribution in [3.63, 3.8) is 0 Å². The van der Waals surface area contributed by atoms with Crippen LogP contribution in [0.5, 0.6) is 0 Å². The zero-order valence-corrected chi connectivity index (χ0v) is 14.6. The predicted molar refractivity (Wildman–Crippen MR) is 89.7 cm³/mol. The first-order valence-corrected chi connectivity index (χ1v) is 8.87. The fourth-order valence-electron chi connectivity index (χ4n) is 4.57. The molecule has 146 valence electrons. The zero-order valence-electron chi connectivity index (χ0n) is 14.6. The Labute approximate surface area is 155 Å². The summed E-state index contributed by atoms with van der Waals surface area (Å²) in [4.78, 5) is 33.0. The van der Waals surface area contributed by atoms with E-state index in [9.17, 15) is 18.4 Å². The summed E-state index contributed by atoms with van der Waals surface area (Å²) in [6.07, 6.45) is 0.599. The lowest BCUT2D eigenvalue weighted by molar-refractivity contribution is -0.107. The van der Waals surface area contributed by atoms with Gasteiger partial charge in [0.2, 0.25) is 0 Å². The summed E-state index contributed by atoms with van der Waals surface area (Å²) in [5.74, 6) is -1.31. The fraction of sp³-hybridized carbons (Fsp3) is 0.588. The Bertz CT molecular complexity index is 821. The molecule has 4 saturated heterocycles. The Morgan fingerprint density at radius 1 is 1.22 bits per heavy atom. The van der Waals surface area contributed by atoms with Crippen molar-refractivity contribution in [3.05, 3.63) is 29.6 Å². The van der Waals surface area contributed by atoms with Crippen LogP contribution < -0.4 is 5.32 Å². The molecule has 2 spiro atoms. The first-order chi connectivity index (χ1) is 12.9. The number of carbonyl (C=O) groups excluding carboxylic acids is 2. The van der Waals surface area contributed by atoms with Crippen molar-refractivity contribution in [1.29, 1.82) is 0 Å². The number of hydrogen-bond donors (Lipinski definition) is 1. The highest BCUT2D eigenvalue weighted by atomic mass is 19.1. The number of halogens is 2. The number of aromatic nitrogens is 1. The molecule has 3 amide bonds. The number of alkyl carbamates (subject to hydrolysis) is 1. The van der Waals surface area contributed by atoms with E-state index in [1.165, 1.54) is 0 Å². The number of cyclic esters (lactones) is 1. The Hall–Kier alpha value is -2.49. The maximum absolute atomic E-state index is 13.7. The molecule has 5 rings (SSSR count). The molecule has 0 aliphatic carbocycles. The van der Waals surface area contributed by atoms with Crippen LogP contribution >= 0.6 is 0 Å². The van der Waals surface area contributed by atoms with Gasteiger partial charge in [-0.15, -0.1) is 0 Å². The molecule has 4 fully saturated rings. The third-order valence-corrected chi connectivity index (χ3v) is 5.80. The molecule has 8 nitrogen and oxygen atoms in total. The minimum absolute atomic E-state index is 0. The molecule has 1 aromatic rings. The van der Waals surface area contributed by atoms with Gasteiger partial charge >= 0.3 is 12.1 Å². The van der Waals surface area contributed by atoms with Crippen LogP contribution in [-0.2, 0) is 11.3 Å². The van der Waals surface area contributed by atoms with Crippen LogP contribution in [0.15, 0.2) is 12.3 Å². The average Bonchev–Trinajstić information content (AvgIpc) is 2.90. The van der Waals surface area contributed by atoms with E-state index in [2.05, 4.69) is 15.2 Å². The Kier molecular flexibility index (Phi) is 3.40. The summed E-state index contributed by atoms with van der Waals surface area (Å²) in [6, 6.07) is 0.830. The van der Waals surface area contributed by atoms with Crippen molar-refractivity contribution in [1.82, 2.24) is 25.0 Å². The van der Waals surface area contributed by atoms with Crippen molar-refractivity contribution in [2.45, 2.75) is 12.1 Å². The lowest BCUT2D eigenvalue weighted by Crippen LogP contribution is -2.77. The number of urea groups is 1. The van der Waals surface area contributed by atoms with E-state index >= 15 is 0 Å². The van der Waals surface area contributed by atoms with Crippen LogP contribution in [-0.4, -0.2) is 83.2 Å². The van der Waals surface area contributed by atoms with Crippen molar-refractivity contribution in [2.24, 2.45) is 5.41 Å². The monoisotopic (exact) mass is 381 g/mol. The van der Waals surface area contributed by atoms with Gasteiger partial charge in [0.25, 0.3) is 0 Å². The van der Waals surface area contributed by atoms with E-state index in [0.29, 0.717) is 39.3 Å². The number of carbonyl (C=O) groups is 2. The van der Waals surface area contributed by atoms with Gasteiger partial charge in [-0.1, -0.05) is 0 Å². The smallest absolute Gasteiger partial charge is 0.407 e. The highest BCUT2D eigenvalue weighted by Crippen LogP contribution is 2.41. The SMILES string of the molecule is O=C1NC2(CO1)CN(C(=O)N1CC3(CN(Cc4ncc(F)cc4F)C3)C1)C2.[HH]. The highest BCUT2D eigenvalue weighted by molar-refractivity contribution is 5.79. The summed E-state index contributed by atoms with van der Waals surface area (Å²) >= 11 is 0. The zero-order chi connectivity index (χ0) is 18.8. The van der Waals surface area contributed by atoms with E-state index in [4.69, 9.17) is 4.74 Å². The second-order valence-electron chi connectivity index (χ2n) is 8.20. The summed E-state index contributed by atoms with van der Waals surface area (Å²) < 4.78 is 31.5. The predicted octanol–water partition coefficient (Wildman–Crippen LogP) is 0.638. The number of likely N-dealkylation sites (tertiary alicyclic amines) is 3. The largest absolute Gasteiger partial charge is 0.447 e. The van der Waals surface area contributed by atoms with Gasteiger partial charge < -0.3 is 19.9 Å². The molecule has 1 N–H and O–H groups in total. The third-order valence-electron chi connectivity index (χ3n) is 5.80. The molecule has 4 aliphatic rings. The molecule has 0 bridgehead atoms. The topological polar surface area (TPSA) is 78.0 Å². The van der Waals surface area contributed by atoms with Crippen LogP contribution in [0.4, 0.5) is 18.4 Å². The molecule has 5 heterocycles. The lowest BCUT2D eigenvalue weighted by Gasteiger charge is -2.61. The molecule has 0 radical (unpaired) electrons. The molecule has 0 aromatic carbocycles. The van der Waals surface area contributed by atoms with Crippen molar-refractivity contribution >= 4 is 12.1 Å². The molecule has 10 heteroatoms. The molecule has 0 unspecified atom stereocenters. The van der Waals surface area contributed by atoms with Gasteiger partial charge in [-0.05, 0) is 0 Å². The second-order valence-corrected chi connectivity index (χ2v) is 8.20. The number of ether oxygens (including phenoxy) is 1. The van der Waals surface area contributed by atoms with E-state index in [0.717, 1.165) is 25.4 Å². The van der Waals surface area contributed by atoms with Gasteiger partial charge in [-0.25, -0.2) is 18.4 Å². The summed E-state index contributed by atoms with van der Waals surface area (Å²) in [7, 11) is 0. The van der Waals surface area contributed by atoms with Gasteiger partial charge in [-0.2, -0.15) is 0 Å². The number of nitrogens with zero attached hydrogens (tertiary/aromatic N) is 4. The highest BCUT2D eigenvalue weighted by Gasteiger charge is 2.57. The van der Waals surface area contributed by atoms with E-state index in [1.807, 2.05) is 0 Å². The van der Waals surface area contributed by atoms with Gasteiger partial charge in [0.1, 0.15) is 23.8 Å². The first kappa shape index (κ1) is 16.7. The molecular weight excluding hydrogens is 360 g/mol. The molecule has 4 aliphatic heterocycles. The van der Waals surface area contributed by atoms with Gasteiger partial charge in [0.05, 0.1) is 25.0 Å². The van der Waals surface area contributed by atoms with Crippen LogP contribution in [0, 0.1) is 17.0 Å². The fourth-order valence-corrected chi connectivity index (χ4v) is 4.57. The average molecular weight is 381 g/mol. The van der Waals surface area contributed by atoms with Crippen molar-refractivity contribution < 1.29 is 24.5 Å².